The van der Waals surface area contributed by atoms with Gasteiger partial charge in [-0.2, -0.15) is 5.10 Å². The molecule has 0 spiro atoms. The molecule has 1 heterocycles. The van der Waals surface area contributed by atoms with E-state index in [0.29, 0.717) is 24.0 Å². The normalized spacial score (nSPS) is 18.8. The van der Waals surface area contributed by atoms with Gasteiger partial charge in [-0.25, -0.2) is 13.2 Å². The van der Waals surface area contributed by atoms with Crippen LogP contribution in [0, 0.1) is 5.82 Å². The van der Waals surface area contributed by atoms with Gasteiger partial charge in [-0.05, 0) is 30.5 Å². The van der Waals surface area contributed by atoms with Crippen LogP contribution in [0.5, 0.6) is 0 Å². The van der Waals surface area contributed by atoms with Gasteiger partial charge >= 0.3 is 0 Å². The molecule has 0 saturated heterocycles. The monoisotopic (exact) mass is 295 g/mol. The zero-order chi connectivity index (χ0) is 15.0. The predicted molar refractivity (Wildman–Crippen MR) is 74.6 cm³/mol. The summed E-state index contributed by atoms with van der Waals surface area (Å²) in [6, 6.07) is 6.06. The molecule has 3 N–H and O–H groups in total. The predicted octanol–water partition coefficient (Wildman–Crippen LogP) is 4.09. The first-order valence-electron chi connectivity index (χ1n) is 6.94. The van der Waals surface area contributed by atoms with Gasteiger partial charge in [0.25, 0.3) is 0 Å². The van der Waals surface area contributed by atoms with Crippen molar-refractivity contribution in [3.8, 4) is 11.1 Å². The molecule has 1 aromatic heterocycles. The average Bonchev–Trinajstić information content (AvgIpc) is 2.80. The highest BCUT2D eigenvalue weighted by atomic mass is 19.3. The quantitative estimate of drug-likeness (QED) is 0.876. The SMILES string of the molecule is Nc1n[nH]c(C2CCC(F)(F)CC2)c1-c1cccc(F)c1. The average molecular weight is 295 g/mol. The standard InChI is InChI=1S/C15H16F3N3/c16-11-3-1-2-10(8-11)12-13(20-21-14(12)19)9-4-6-15(17,18)7-5-9/h1-3,8-9H,4-7H2,(H3,19,20,21). The van der Waals surface area contributed by atoms with Crippen LogP contribution < -0.4 is 5.73 Å². The Kier molecular flexibility index (Phi) is 3.39. The minimum atomic E-state index is -2.58. The van der Waals surface area contributed by atoms with Crippen molar-refractivity contribution in [3.05, 3.63) is 35.8 Å². The summed E-state index contributed by atoms with van der Waals surface area (Å²) in [6.45, 7) is 0. The first-order chi connectivity index (χ1) is 9.96. The molecule has 0 atom stereocenters. The topological polar surface area (TPSA) is 54.7 Å². The molecule has 0 radical (unpaired) electrons. The molecule has 1 saturated carbocycles. The van der Waals surface area contributed by atoms with E-state index < -0.39 is 5.92 Å². The second-order valence-electron chi connectivity index (χ2n) is 5.54. The molecule has 112 valence electrons. The number of nitrogens with zero attached hydrogens (tertiary/aromatic N) is 1. The molecule has 1 aliphatic rings. The minimum absolute atomic E-state index is 0.0484. The summed E-state index contributed by atoms with van der Waals surface area (Å²) in [7, 11) is 0. The van der Waals surface area contributed by atoms with Gasteiger partial charge in [0.1, 0.15) is 5.82 Å². The zero-order valence-corrected chi connectivity index (χ0v) is 11.4. The lowest BCUT2D eigenvalue weighted by molar-refractivity contribution is -0.0384. The fourth-order valence-corrected chi connectivity index (χ4v) is 2.94. The number of hydrogen-bond donors (Lipinski definition) is 2. The number of nitrogens with two attached hydrogens (primary N) is 1. The van der Waals surface area contributed by atoms with Crippen molar-refractivity contribution in [1.82, 2.24) is 10.2 Å². The van der Waals surface area contributed by atoms with Gasteiger partial charge < -0.3 is 5.73 Å². The molecule has 0 bridgehead atoms. The van der Waals surface area contributed by atoms with Crippen LogP contribution in [0.3, 0.4) is 0 Å². The lowest BCUT2D eigenvalue weighted by Crippen LogP contribution is -2.24. The van der Waals surface area contributed by atoms with E-state index in [9.17, 15) is 13.2 Å². The third-order valence-corrected chi connectivity index (χ3v) is 4.06. The van der Waals surface area contributed by atoms with Gasteiger partial charge in [0.15, 0.2) is 5.82 Å². The number of nitrogen functional groups attached to an aromatic ring is 1. The van der Waals surface area contributed by atoms with E-state index >= 15 is 0 Å². The number of halogens is 3. The molecule has 0 unspecified atom stereocenters. The van der Waals surface area contributed by atoms with Gasteiger partial charge in [0.2, 0.25) is 5.92 Å². The number of rotatable bonds is 2. The number of anilines is 1. The second-order valence-corrected chi connectivity index (χ2v) is 5.54. The largest absolute Gasteiger partial charge is 0.382 e. The van der Waals surface area contributed by atoms with Gasteiger partial charge in [-0.15, -0.1) is 0 Å². The third kappa shape index (κ3) is 2.75. The van der Waals surface area contributed by atoms with Crippen LogP contribution in [0.1, 0.15) is 37.3 Å². The Hall–Kier alpha value is -1.98. The number of nitrogens with one attached hydrogen (secondary N) is 1. The van der Waals surface area contributed by atoms with E-state index in [4.69, 9.17) is 5.73 Å². The third-order valence-electron chi connectivity index (χ3n) is 4.06. The Bertz CT molecular complexity index is 641. The minimum Gasteiger partial charge on any atom is -0.382 e. The van der Waals surface area contributed by atoms with Crippen LogP contribution in [0.2, 0.25) is 0 Å². The van der Waals surface area contributed by atoms with Gasteiger partial charge in [0, 0.05) is 30.0 Å². The summed E-state index contributed by atoms with van der Waals surface area (Å²) in [5, 5.41) is 6.82. The van der Waals surface area contributed by atoms with Crippen LogP contribution in [0.25, 0.3) is 11.1 Å². The molecule has 21 heavy (non-hydrogen) atoms. The van der Waals surface area contributed by atoms with Crippen molar-refractivity contribution in [2.24, 2.45) is 0 Å². The molecular weight excluding hydrogens is 279 g/mol. The van der Waals surface area contributed by atoms with Crippen molar-refractivity contribution in [2.75, 3.05) is 5.73 Å². The molecule has 6 heteroatoms. The van der Waals surface area contributed by atoms with E-state index in [-0.39, 0.29) is 30.4 Å². The van der Waals surface area contributed by atoms with E-state index in [1.807, 2.05) is 0 Å². The Morgan fingerprint density at radius 1 is 1.24 bits per heavy atom. The Labute approximate surface area is 120 Å². The van der Waals surface area contributed by atoms with E-state index in [1.54, 1.807) is 12.1 Å². The molecule has 1 aromatic carbocycles. The Morgan fingerprint density at radius 3 is 2.62 bits per heavy atom. The van der Waals surface area contributed by atoms with Crippen LogP contribution in [0.15, 0.2) is 24.3 Å². The van der Waals surface area contributed by atoms with E-state index in [0.717, 1.165) is 5.69 Å². The van der Waals surface area contributed by atoms with E-state index in [1.165, 1.54) is 12.1 Å². The first-order valence-corrected chi connectivity index (χ1v) is 6.94. The molecule has 3 nitrogen and oxygen atoms in total. The van der Waals surface area contributed by atoms with Gasteiger partial charge in [-0.3, -0.25) is 5.10 Å². The number of aromatic nitrogens is 2. The number of aromatic amines is 1. The summed E-state index contributed by atoms with van der Waals surface area (Å²) >= 11 is 0. The molecule has 1 aliphatic carbocycles. The van der Waals surface area contributed by atoms with Crippen molar-refractivity contribution < 1.29 is 13.2 Å². The number of hydrogen-bond acceptors (Lipinski definition) is 2. The summed E-state index contributed by atoms with van der Waals surface area (Å²) in [6.07, 6.45) is 0.465. The maximum absolute atomic E-state index is 13.4. The molecule has 2 aromatic rings. The van der Waals surface area contributed by atoms with Crippen molar-refractivity contribution in [3.63, 3.8) is 0 Å². The number of H-pyrrole nitrogens is 1. The Balaban J connectivity index is 1.95. The van der Waals surface area contributed by atoms with Gasteiger partial charge in [0.05, 0.1) is 0 Å². The first kappa shape index (κ1) is 14.0. The van der Waals surface area contributed by atoms with Crippen molar-refractivity contribution in [2.45, 2.75) is 37.5 Å². The maximum Gasteiger partial charge on any atom is 0.248 e. The molecule has 1 fully saturated rings. The number of alkyl halides is 2. The second kappa shape index (κ2) is 5.09. The Morgan fingerprint density at radius 2 is 1.95 bits per heavy atom. The van der Waals surface area contributed by atoms with E-state index in [2.05, 4.69) is 10.2 Å². The summed E-state index contributed by atoms with van der Waals surface area (Å²) < 4.78 is 39.9. The molecule has 0 aliphatic heterocycles. The summed E-state index contributed by atoms with van der Waals surface area (Å²) in [4.78, 5) is 0. The fourth-order valence-electron chi connectivity index (χ4n) is 2.94. The van der Waals surface area contributed by atoms with Crippen molar-refractivity contribution in [1.29, 1.82) is 0 Å². The number of benzene rings is 1. The maximum atomic E-state index is 13.4. The smallest absolute Gasteiger partial charge is 0.248 e. The van der Waals surface area contributed by atoms with Gasteiger partial charge in [-0.1, -0.05) is 12.1 Å². The van der Waals surface area contributed by atoms with Crippen LogP contribution >= 0.6 is 0 Å². The molecule has 3 rings (SSSR count). The summed E-state index contributed by atoms with van der Waals surface area (Å²) in [5.74, 6) is -2.73. The highest BCUT2D eigenvalue weighted by molar-refractivity contribution is 5.76. The highest BCUT2D eigenvalue weighted by Gasteiger charge is 2.37. The molecule has 0 amide bonds. The fraction of sp³-hybridized carbons (Fsp3) is 0.400. The molecular formula is C15H16F3N3. The van der Waals surface area contributed by atoms with Crippen LogP contribution in [-0.2, 0) is 0 Å². The lowest BCUT2D eigenvalue weighted by atomic mass is 9.82. The van der Waals surface area contributed by atoms with Crippen molar-refractivity contribution >= 4 is 5.82 Å². The van der Waals surface area contributed by atoms with Crippen LogP contribution in [0.4, 0.5) is 19.0 Å². The lowest BCUT2D eigenvalue weighted by Gasteiger charge is -2.28. The summed E-state index contributed by atoms with van der Waals surface area (Å²) in [5.41, 5.74) is 7.85. The zero-order valence-electron chi connectivity index (χ0n) is 11.4. The highest BCUT2D eigenvalue weighted by Crippen LogP contribution is 2.44. The van der Waals surface area contributed by atoms with Crippen LogP contribution in [-0.4, -0.2) is 16.1 Å².